The van der Waals surface area contributed by atoms with Crippen molar-refractivity contribution >= 4 is 47.7 Å². The van der Waals surface area contributed by atoms with E-state index in [0.717, 1.165) is 17.1 Å². The Labute approximate surface area is 153 Å². The number of aliphatic hydroxyl groups is 1. The summed E-state index contributed by atoms with van der Waals surface area (Å²) in [6.07, 6.45) is 0. The number of quaternary nitrogens is 1. The number of nitro benzene ring substituents is 1. The third-order valence-corrected chi connectivity index (χ3v) is 2.14. The Hall–Kier alpha value is -0.570. The number of rotatable bonds is 4. The number of aromatic hydroxyl groups is 1. The molecule has 0 fully saturated rings. The molecule has 0 heterocycles. The summed E-state index contributed by atoms with van der Waals surface area (Å²) in [4.78, 5) is 9.62. The summed E-state index contributed by atoms with van der Waals surface area (Å²) < 4.78 is 5.55. The molecule has 0 aliphatic rings. The first-order valence-corrected chi connectivity index (χ1v) is 5.64. The number of ether oxygens (including phenoxy) is 1. The molecule has 21 heavy (non-hydrogen) atoms. The SMILES string of the molecule is COc1ccc([N+](=O)[O-])cc1O.C[N+](C)(C)CCO.Cl.[NaH]. The molecule has 7 nitrogen and oxygen atoms in total. The van der Waals surface area contributed by atoms with Crippen LogP contribution in [0.4, 0.5) is 5.69 Å². The summed E-state index contributed by atoms with van der Waals surface area (Å²) in [5.74, 6) is -0.00713. The molecule has 0 saturated carbocycles. The van der Waals surface area contributed by atoms with Gasteiger partial charge in [-0.05, 0) is 6.07 Å². The first kappa shape index (κ1) is 25.4. The second kappa shape index (κ2) is 12.0. The Balaban J connectivity index is -0.000000317. The Kier molecular flexibility index (Phi) is 14.5. The van der Waals surface area contributed by atoms with Gasteiger partial charge in [-0.3, -0.25) is 10.1 Å². The van der Waals surface area contributed by atoms with Crippen LogP contribution in [0.25, 0.3) is 0 Å². The van der Waals surface area contributed by atoms with E-state index in [1.807, 2.05) is 0 Å². The minimum absolute atomic E-state index is 0. The van der Waals surface area contributed by atoms with Crippen molar-refractivity contribution in [2.45, 2.75) is 0 Å². The second-order valence-electron chi connectivity index (χ2n) is 4.85. The molecule has 1 aromatic rings. The van der Waals surface area contributed by atoms with Crippen molar-refractivity contribution in [1.29, 1.82) is 0 Å². The van der Waals surface area contributed by atoms with Gasteiger partial charge in [-0.25, -0.2) is 0 Å². The van der Waals surface area contributed by atoms with E-state index >= 15 is 0 Å². The number of phenolic OH excluding ortho intramolecular Hbond substituents is 1. The van der Waals surface area contributed by atoms with Gasteiger partial charge in [0.2, 0.25) is 0 Å². The van der Waals surface area contributed by atoms with Crippen molar-refractivity contribution in [3.63, 3.8) is 0 Å². The van der Waals surface area contributed by atoms with Crippen LogP contribution >= 0.6 is 12.4 Å². The number of aliphatic hydroxyl groups excluding tert-OH is 1. The molecule has 1 rings (SSSR count). The number of nitrogens with zero attached hydrogens (tertiary/aromatic N) is 2. The third kappa shape index (κ3) is 11.7. The number of benzene rings is 1. The molecular weight excluding hydrogens is 311 g/mol. The van der Waals surface area contributed by atoms with Gasteiger partial charge in [0.1, 0.15) is 6.54 Å². The molecule has 0 aliphatic heterocycles. The number of likely N-dealkylation sites (N-methyl/N-ethyl adjacent to an activating group) is 1. The number of methoxy groups -OCH3 is 1. The van der Waals surface area contributed by atoms with Crippen molar-refractivity contribution in [2.24, 2.45) is 0 Å². The molecule has 9 heteroatoms. The van der Waals surface area contributed by atoms with Crippen LogP contribution in [0.3, 0.4) is 0 Å². The first-order valence-electron chi connectivity index (χ1n) is 5.64. The maximum absolute atomic E-state index is 10.2. The molecule has 2 N–H and O–H groups in total. The quantitative estimate of drug-likeness (QED) is 0.367. The van der Waals surface area contributed by atoms with Crippen LogP contribution in [0.2, 0.25) is 0 Å². The Morgan fingerprint density at radius 2 is 1.86 bits per heavy atom. The fourth-order valence-electron chi connectivity index (χ4n) is 1.09. The standard InChI is InChI=1S/C7H7NO4.C5H14NO.ClH.Na.H/c1-12-7-3-2-5(8(10)11)4-6(7)9;1-6(2,3)4-5-7;;;/h2-4,9H,1H3;7H,4-5H2,1-3H3;1H;;/q;+1;;;. The third-order valence-electron chi connectivity index (χ3n) is 2.14. The zero-order chi connectivity index (χ0) is 15.1. The number of hydrogen-bond acceptors (Lipinski definition) is 5. The normalized spacial score (nSPS) is 9.38. The number of halogens is 1. The minimum atomic E-state index is -0.584. The zero-order valence-electron chi connectivity index (χ0n) is 12.1. The molecule has 0 atom stereocenters. The summed E-state index contributed by atoms with van der Waals surface area (Å²) in [6.45, 7) is 1.11. The van der Waals surface area contributed by atoms with E-state index in [-0.39, 0.29) is 65.8 Å². The zero-order valence-corrected chi connectivity index (χ0v) is 12.9. The molecule has 1 aromatic carbocycles. The molecule has 0 spiro atoms. The number of hydrogen-bond donors (Lipinski definition) is 2. The topological polar surface area (TPSA) is 92.8 Å². The van der Waals surface area contributed by atoms with Crippen molar-refractivity contribution < 1.29 is 24.4 Å². The van der Waals surface area contributed by atoms with Gasteiger partial charge in [-0.1, -0.05) is 0 Å². The average molecular weight is 334 g/mol. The molecular formula is C12H23ClN2NaO5+. The van der Waals surface area contributed by atoms with Crippen LogP contribution in [0.15, 0.2) is 18.2 Å². The van der Waals surface area contributed by atoms with Gasteiger partial charge in [-0.15, -0.1) is 12.4 Å². The molecule has 0 saturated heterocycles. The van der Waals surface area contributed by atoms with Crippen molar-refractivity contribution in [3.8, 4) is 11.5 Å². The van der Waals surface area contributed by atoms with Crippen LogP contribution in [-0.2, 0) is 0 Å². The molecule has 0 radical (unpaired) electrons. The molecule has 0 aliphatic carbocycles. The summed E-state index contributed by atoms with van der Waals surface area (Å²) in [5, 5.41) is 27.7. The summed E-state index contributed by atoms with van der Waals surface area (Å²) in [6, 6.07) is 3.64. The Morgan fingerprint density at radius 1 is 1.33 bits per heavy atom. The van der Waals surface area contributed by atoms with E-state index in [1.54, 1.807) is 0 Å². The van der Waals surface area contributed by atoms with Gasteiger partial charge >= 0.3 is 29.6 Å². The molecule has 0 amide bonds. The van der Waals surface area contributed by atoms with Crippen LogP contribution < -0.4 is 4.74 Å². The first-order chi connectivity index (χ1) is 8.71. The number of non-ortho nitro benzene ring substituents is 1. The van der Waals surface area contributed by atoms with Gasteiger partial charge in [0.15, 0.2) is 11.5 Å². The van der Waals surface area contributed by atoms with E-state index in [2.05, 4.69) is 21.1 Å². The van der Waals surface area contributed by atoms with Gasteiger partial charge in [0.25, 0.3) is 5.69 Å². The van der Waals surface area contributed by atoms with Gasteiger partial charge in [0, 0.05) is 6.07 Å². The van der Waals surface area contributed by atoms with Crippen LogP contribution in [0, 0.1) is 10.1 Å². The Bertz CT molecular complexity index is 427. The van der Waals surface area contributed by atoms with E-state index in [0.29, 0.717) is 0 Å². The maximum atomic E-state index is 10.2. The second-order valence-corrected chi connectivity index (χ2v) is 4.85. The predicted octanol–water partition coefficient (Wildman–Crippen LogP) is 0.767. The Morgan fingerprint density at radius 3 is 2.10 bits per heavy atom. The average Bonchev–Trinajstić information content (AvgIpc) is 2.28. The van der Waals surface area contributed by atoms with Crippen LogP contribution in [0.5, 0.6) is 11.5 Å². The van der Waals surface area contributed by atoms with Crippen molar-refractivity contribution in [2.75, 3.05) is 41.4 Å². The van der Waals surface area contributed by atoms with Crippen LogP contribution in [0.1, 0.15) is 0 Å². The summed E-state index contributed by atoms with van der Waals surface area (Å²) >= 11 is 0. The fourth-order valence-corrected chi connectivity index (χ4v) is 1.09. The predicted molar refractivity (Wildman–Crippen MR) is 85.7 cm³/mol. The fraction of sp³-hybridized carbons (Fsp3) is 0.500. The van der Waals surface area contributed by atoms with Gasteiger partial charge < -0.3 is 19.4 Å². The van der Waals surface area contributed by atoms with E-state index in [4.69, 9.17) is 14.9 Å². The van der Waals surface area contributed by atoms with E-state index < -0.39 is 4.92 Å². The van der Waals surface area contributed by atoms with Crippen LogP contribution in [-0.4, -0.2) is 90.6 Å². The van der Waals surface area contributed by atoms with Gasteiger partial charge in [0.05, 0.1) is 45.8 Å². The number of nitro groups is 1. The van der Waals surface area contributed by atoms with Crippen molar-refractivity contribution in [3.05, 3.63) is 28.3 Å². The van der Waals surface area contributed by atoms with E-state index in [9.17, 15) is 10.1 Å². The number of phenols is 1. The van der Waals surface area contributed by atoms with Crippen molar-refractivity contribution in [1.82, 2.24) is 0 Å². The molecule has 0 bridgehead atoms. The molecule has 0 aromatic heterocycles. The molecule has 118 valence electrons. The summed E-state index contributed by atoms with van der Waals surface area (Å²) in [7, 11) is 7.53. The monoisotopic (exact) mass is 333 g/mol. The summed E-state index contributed by atoms with van der Waals surface area (Å²) in [5.41, 5.74) is -0.159. The van der Waals surface area contributed by atoms with E-state index in [1.165, 1.54) is 19.2 Å². The molecule has 0 unspecified atom stereocenters. The van der Waals surface area contributed by atoms with Gasteiger partial charge in [-0.2, -0.15) is 0 Å².